The van der Waals surface area contributed by atoms with Gasteiger partial charge in [0.25, 0.3) is 0 Å². The van der Waals surface area contributed by atoms with E-state index in [2.05, 4.69) is 32.9 Å². The molecule has 8 nitrogen and oxygen atoms in total. The van der Waals surface area contributed by atoms with E-state index < -0.39 is 41.8 Å². The number of rotatable bonds is 7. The molecule has 2 aliphatic rings. The van der Waals surface area contributed by atoms with Gasteiger partial charge in [-0.3, -0.25) is 4.90 Å². The van der Waals surface area contributed by atoms with E-state index in [0.717, 1.165) is 12.8 Å². The average Bonchev–Trinajstić information content (AvgIpc) is 3.23. The fraction of sp³-hybridized carbons (Fsp3) is 0.562. The van der Waals surface area contributed by atoms with E-state index in [4.69, 9.17) is 18.9 Å². The van der Waals surface area contributed by atoms with E-state index in [0.29, 0.717) is 12.3 Å². The molecule has 1 aliphatic carbocycles. The Bertz CT molecular complexity index is 1170. The van der Waals surface area contributed by atoms with E-state index in [9.17, 15) is 14.7 Å². The number of amides is 1. The predicted molar refractivity (Wildman–Crippen MR) is 150 cm³/mol. The molecule has 2 fully saturated rings. The molecular formula is C32H43NO7. The fourth-order valence-electron chi connectivity index (χ4n) is 6.49. The Morgan fingerprint density at radius 3 is 2.10 bits per heavy atom. The van der Waals surface area contributed by atoms with E-state index in [1.54, 1.807) is 44.2 Å². The normalized spacial score (nSPS) is 28.0. The number of hydrogen-bond acceptors (Lipinski definition) is 7. The van der Waals surface area contributed by atoms with Crippen molar-refractivity contribution in [2.75, 3.05) is 14.2 Å². The Labute approximate surface area is 237 Å². The van der Waals surface area contributed by atoms with Crippen LogP contribution in [0.2, 0.25) is 0 Å². The van der Waals surface area contributed by atoms with Gasteiger partial charge >= 0.3 is 12.1 Å². The Balaban J connectivity index is 1.74. The lowest BCUT2D eigenvalue weighted by Crippen LogP contribution is -2.56. The number of benzene rings is 2. The van der Waals surface area contributed by atoms with Crippen molar-refractivity contribution in [3.8, 4) is 0 Å². The number of hydrogen-bond donors (Lipinski definition) is 1. The first-order valence-electron chi connectivity index (χ1n) is 14.0. The minimum absolute atomic E-state index is 0.0285. The zero-order valence-electron chi connectivity index (χ0n) is 24.6. The van der Waals surface area contributed by atoms with Crippen molar-refractivity contribution in [3.05, 3.63) is 71.8 Å². The van der Waals surface area contributed by atoms with Crippen LogP contribution in [0.25, 0.3) is 0 Å². The first-order valence-corrected chi connectivity index (χ1v) is 14.0. The van der Waals surface area contributed by atoms with Gasteiger partial charge in [0.2, 0.25) is 5.60 Å². The minimum Gasteiger partial charge on any atom is -0.460 e. The van der Waals surface area contributed by atoms with Crippen LogP contribution in [-0.2, 0) is 34.8 Å². The first-order chi connectivity index (χ1) is 18.9. The molecule has 2 aromatic rings. The fourth-order valence-corrected chi connectivity index (χ4v) is 6.49. The molecule has 1 N–H and O–H groups in total. The molecular weight excluding hydrogens is 510 g/mol. The standard InChI is InChI=1S/C32H43NO7/c1-21-18-19-24(30(2,3)22-14-10-8-11-15-22)25(20-21)39-28(34)32(36,23-16-12-9-13-17-23)26-27(37-6)33(29(35)38-7)31(4,5)40-26/h8-17,21,24-27,36H,18-20H2,1-7H3/t21-,24-,25-,26-,27?,32-/m1/s1. The maximum atomic E-state index is 14.3. The van der Waals surface area contributed by atoms with Gasteiger partial charge in [-0.15, -0.1) is 0 Å². The number of nitrogens with zero attached hydrogens (tertiary/aromatic N) is 1. The second-order valence-corrected chi connectivity index (χ2v) is 12.1. The van der Waals surface area contributed by atoms with Gasteiger partial charge < -0.3 is 24.1 Å². The summed E-state index contributed by atoms with van der Waals surface area (Å²) in [4.78, 5) is 28.3. The molecule has 1 amide bonds. The van der Waals surface area contributed by atoms with E-state index in [-0.39, 0.29) is 16.9 Å². The molecule has 0 aromatic heterocycles. The van der Waals surface area contributed by atoms with Crippen molar-refractivity contribution in [2.45, 2.75) is 89.1 Å². The van der Waals surface area contributed by atoms with Crippen LogP contribution < -0.4 is 0 Å². The van der Waals surface area contributed by atoms with Crippen LogP contribution in [0.15, 0.2) is 60.7 Å². The Hall–Kier alpha value is -2.94. The summed E-state index contributed by atoms with van der Waals surface area (Å²) in [6, 6.07) is 18.8. The van der Waals surface area contributed by atoms with Gasteiger partial charge in [-0.05, 0) is 49.1 Å². The molecule has 6 atom stereocenters. The summed E-state index contributed by atoms with van der Waals surface area (Å²) < 4.78 is 23.3. The molecule has 8 heteroatoms. The van der Waals surface area contributed by atoms with Crippen LogP contribution >= 0.6 is 0 Å². The van der Waals surface area contributed by atoms with Crippen LogP contribution in [0.3, 0.4) is 0 Å². The highest BCUT2D eigenvalue weighted by Crippen LogP contribution is 2.46. The SMILES string of the molecule is COC(=O)N1C(OC)[C@H]([C@@](O)(C(=O)O[C@@H]2C[C@H](C)CC[C@H]2C(C)(C)c2ccccc2)c2ccccc2)OC1(C)C. The van der Waals surface area contributed by atoms with Gasteiger partial charge in [-0.2, -0.15) is 0 Å². The van der Waals surface area contributed by atoms with Gasteiger partial charge in [-0.1, -0.05) is 87.9 Å². The summed E-state index contributed by atoms with van der Waals surface area (Å²) in [5.41, 5.74) is -2.33. The Kier molecular flexibility index (Phi) is 8.64. The van der Waals surface area contributed by atoms with Crippen LogP contribution in [-0.4, -0.2) is 60.4 Å². The van der Waals surface area contributed by atoms with E-state index in [1.807, 2.05) is 18.2 Å². The van der Waals surface area contributed by atoms with Crippen molar-refractivity contribution >= 4 is 12.1 Å². The molecule has 1 heterocycles. The van der Waals surface area contributed by atoms with Crippen molar-refractivity contribution in [1.29, 1.82) is 0 Å². The minimum atomic E-state index is -2.27. The maximum absolute atomic E-state index is 14.3. The molecule has 1 unspecified atom stereocenters. The van der Waals surface area contributed by atoms with Gasteiger partial charge in [0, 0.05) is 13.0 Å². The lowest BCUT2D eigenvalue weighted by Gasteiger charge is -2.45. The van der Waals surface area contributed by atoms with E-state index in [1.165, 1.54) is 24.7 Å². The lowest BCUT2D eigenvalue weighted by molar-refractivity contribution is -0.206. The van der Waals surface area contributed by atoms with Crippen LogP contribution in [0.1, 0.15) is 65.0 Å². The third kappa shape index (κ3) is 5.37. The highest BCUT2D eigenvalue weighted by molar-refractivity contribution is 5.83. The Morgan fingerprint density at radius 1 is 0.975 bits per heavy atom. The number of carbonyl (C=O) groups excluding carboxylic acids is 2. The van der Waals surface area contributed by atoms with Gasteiger partial charge in [0.15, 0.2) is 6.23 Å². The molecule has 218 valence electrons. The number of methoxy groups -OCH3 is 2. The largest absolute Gasteiger partial charge is 0.460 e. The zero-order chi connectivity index (χ0) is 29.3. The molecule has 0 bridgehead atoms. The predicted octanol–water partition coefficient (Wildman–Crippen LogP) is 5.38. The number of esters is 1. The van der Waals surface area contributed by atoms with Crippen LogP contribution in [0, 0.1) is 11.8 Å². The molecule has 1 saturated heterocycles. The monoisotopic (exact) mass is 553 g/mol. The summed E-state index contributed by atoms with van der Waals surface area (Å²) >= 11 is 0. The van der Waals surface area contributed by atoms with Crippen molar-refractivity contribution in [3.63, 3.8) is 0 Å². The quantitative estimate of drug-likeness (QED) is 0.460. The van der Waals surface area contributed by atoms with Gasteiger partial charge in [-0.25, -0.2) is 9.59 Å². The summed E-state index contributed by atoms with van der Waals surface area (Å²) in [5.74, 6) is -0.448. The number of ether oxygens (including phenoxy) is 4. The summed E-state index contributed by atoms with van der Waals surface area (Å²) in [6.07, 6.45) is -0.962. The molecule has 2 aromatic carbocycles. The number of aliphatic hydroxyl groups is 1. The highest BCUT2D eigenvalue weighted by atomic mass is 16.6. The summed E-state index contributed by atoms with van der Waals surface area (Å²) in [5, 5.41) is 12.4. The van der Waals surface area contributed by atoms with Gasteiger partial charge in [0.1, 0.15) is 17.9 Å². The lowest BCUT2D eigenvalue weighted by atomic mass is 9.64. The smallest absolute Gasteiger partial charge is 0.413 e. The van der Waals surface area contributed by atoms with Crippen molar-refractivity contribution in [2.24, 2.45) is 11.8 Å². The van der Waals surface area contributed by atoms with Gasteiger partial charge in [0.05, 0.1) is 7.11 Å². The molecule has 0 radical (unpaired) electrons. The van der Waals surface area contributed by atoms with Crippen molar-refractivity contribution < 1.29 is 33.6 Å². The number of carbonyl (C=O) groups is 2. The third-order valence-electron chi connectivity index (χ3n) is 8.82. The maximum Gasteiger partial charge on any atom is 0.413 e. The first kappa shape index (κ1) is 30.0. The molecule has 4 rings (SSSR count). The van der Waals surface area contributed by atoms with Crippen LogP contribution in [0.5, 0.6) is 0 Å². The molecule has 40 heavy (non-hydrogen) atoms. The molecule has 0 spiro atoms. The Morgan fingerprint density at radius 2 is 1.55 bits per heavy atom. The average molecular weight is 554 g/mol. The molecule has 1 saturated carbocycles. The topological polar surface area (TPSA) is 94.5 Å². The zero-order valence-corrected chi connectivity index (χ0v) is 24.6. The van der Waals surface area contributed by atoms with E-state index >= 15 is 0 Å². The summed E-state index contributed by atoms with van der Waals surface area (Å²) in [7, 11) is 2.66. The third-order valence-corrected chi connectivity index (χ3v) is 8.82. The van der Waals surface area contributed by atoms with Crippen LogP contribution in [0.4, 0.5) is 4.79 Å². The van der Waals surface area contributed by atoms with Crippen molar-refractivity contribution in [1.82, 2.24) is 4.90 Å². The second kappa shape index (κ2) is 11.5. The molecule has 1 aliphatic heterocycles. The second-order valence-electron chi connectivity index (χ2n) is 12.1. The summed E-state index contributed by atoms with van der Waals surface area (Å²) in [6.45, 7) is 9.85. The highest BCUT2D eigenvalue weighted by Gasteiger charge is 2.63.